The van der Waals surface area contributed by atoms with Gasteiger partial charge in [-0.25, -0.2) is 13.5 Å². The van der Waals surface area contributed by atoms with Gasteiger partial charge >= 0.3 is 0 Å². The van der Waals surface area contributed by atoms with Gasteiger partial charge in [-0.3, -0.25) is 4.79 Å². The molecule has 0 saturated heterocycles. The summed E-state index contributed by atoms with van der Waals surface area (Å²) in [6.45, 7) is 3.03. The zero-order valence-corrected chi connectivity index (χ0v) is 11.6. The second kappa shape index (κ2) is 5.61. The predicted octanol–water partition coefficient (Wildman–Crippen LogP) is 1.65. The number of hydrogen-bond acceptors (Lipinski definition) is 3. The van der Waals surface area contributed by atoms with Crippen molar-refractivity contribution in [2.45, 2.75) is 19.4 Å². The van der Waals surface area contributed by atoms with Gasteiger partial charge in [0.1, 0.15) is 5.69 Å². The van der Waals surface area contributed by atoms with Crippen molar-refractivity contribution < 1.29 is 18.7 Å². The topological polar surface area (TPSA) is 67.2 Å². The Kier molecular flexibility index (Phi) is 4.04. The van der Waals surface area contributed by atoms with E-state index in [1.807, 2.05) is 0 Å². The van der Waals surface area contributed by atoms with Gasteiger partial charge in [-0.1, -0.05) is 6.07 Å². The minimum absolute atomic E-state index is 0.000761. The Morgan fingerprint density at radius 1 is 1.33 bits per heavy atom. The third-order valence-corrected chi connectivity index (χ3v) is 2.84. The smallest absolute Gasteiger partial charge is 0.272 e. The monoisotopic (exact) mass is 295 g/mol. The Hall–Kier alpha value is -2.28. The fraction of sp³-hybridized carbons (Fsp3) is 0.286. The summed E-state index contributed by atoms with van der Waals surface area (Å²) in [7, 11) is 0. The van der Waals surface area contributed by atoms with Crippen LogP contribution >= 0.6 is 0 Å². The van der Waals surface area contributed by atoms with Gasteiger partial charge in [0.25, 0.3) is 5.91 Å². The molecule has 112 valence electrons. The first-order valence-corrected chi connectivity index (χ1v) is 6.27. The molecule has 0 aliphatic rings. The summed E-state index contributed by atoms with van der Waals surface area (Å²) in [5, 5.41) is 15.5. The maximum atomic E-state index is 13.6. The Labute approximate surface area is 120 Å². The van der Waals surface area contributed by atoms with Crippen LogP contribution in [0.2, 0.25) is 0 Å². The summed E-state index contributed by atoms with van der Waals surface area (Å²) in [5.41, 5.74) is -1.17. The number of hydrogen-bond donors (Lipinski definition) is 2. The lowest BCUT2D eigenvalue weighted by Crippen LogP contribution is -2.46. The molecule has 0 unspecified atom stereocenters. The first-order chi connectivity index (χ1) is 9.84. The Morgan fingerprint density at radius 3 is 2.52 bits per heavy atom. The number of nitrogens with one attached hydrogen (secondary N) is 1. The maximum Gasteiger partial charge on any atom is 0.272 e. The highest BCUT2D eigenvalue weighted by Gasteiger charge is 2.22. The Bertz CT molecular complexity index is 648. The molecular weight excluding hydrogens is 280 g/mol. The van der Waals surface area contributed by atoms with Crippen LogP contribution in [0, 0.1) is 11.6 Å². The van der Waals surface area contributed by atoms with E-state index in [1.54, 1.807) is 13.8 Å². The number of nitrogens with zero attached hydrogens (tertiary/aromatic N) is 2. The number of carbonyl (C=O) groups is 1. The Morgan fingerprint density at radius 2 is 1.95 bits per heavy atom. The molecule has 2 rings (SSSR count). The minimum atomic E-state index is -0.815. The van der Waals surface area contributed by atoms with E-state index >= 15 is 0 Å². The van der Waals surface area contributed by atoms with E-state index < -0.39 is 23.1 Å². The summed E-state index contributed by atoms with van der Waals surface area (Å²) in [5.74, 6) is -2.09. The van der Waals surface area contributed by atoms with Gasteiger partial charge in [-0.2, -0.15) is 5.10 Å². The lowest BCUT2D eigenvalue weighted by molar-refractivity contribution is 0.0863. The van der Waals surface area contributed by atoms with Gasteiger partial charge < -0.3 is 10.4 Å². The van der Waals surface area contributed by atoms with Crippen molar-refractivity contribution in [2.24, 2.45) is 0 Å². The summed E-state index contributed by atoms with van der Waals surface area (Å²) in [6.07, 6.45) is 1.29. The van der Waals surface area contributed by atoms with Crippen LogP contribution in [0.25, 0.3) is 5.69 Å². The molecule has 0 atom stereocenters. The maximum absolute atomic E-state index is 13.6. The lowest BCUT2D eigenvalue weighted by atomic mass is 10.1. The molecule has 0 aliphatic carbocycles. The molecule has 0 aliphatic heterocycles. The number of aliphatic hydroxyl groups is 1. The van der Waals surface area contributed by atoms with E-state index in [0.717, 1.165) is 16.8 Å². The van der Waals surface area contributed by atoms with Crippen LogP contribution < -0.4 is 5.32 Å². The van der Waals surface area contributed by atoms with Crippen LogP contribution in [-0.2, 0) is 0 Å². The highest BCUT2D eigenvalue weighted by atomic mass is 19.1. The van der Waals surface area contributed by atoms with Crippen molar-refractivity contribution in [3.05, 3.63) is 47.8 Å². The number of amides is 1. The van der Waals surface area contributed by atoms with Gasteiger partial charge in [0.05, 0.1) is 12.1 Å². The van der Waals surface area contributed by atoms with E-state index in [2.05, 4.69) is 10.4 Å². The van der Waals surface area contributed by atoms with Crippen molar-refractivity contribution in [1.82, 2.24) is 15.1 Å². The molecule has 2 aromatic rings. The fourth-order valence-corrected chi connectivity index (χ4v) is 1.69. The van der Waals surface area contributed by atoms with Crippen LogP contribution in [-0.4, -0.2) is 32.9 Å². The van der Waals surface area contributed by atoms with Crippen molar-refractivity contribution in [2.75, 3.05) is 6.61 Å². The van der Waals surface area contributed by atoms with Gasteiger partial charge in [-0.15, -0.1) is 0 Å². The van der Waals surface area contributed by atoms with Crippen LogP contribution in [0.4, 0.5) is 8.78 Å². The molecule has 1 amide bonds. The van der Waals surface area contributed by atoms with Crippen LogP contribution in [0.15, 0.2) is 30.5 Å². The average molecular weight is 295 g/mol. The van der Waals surface area contributed by atoms with E-state index in [1.165, 1.54) is 18.3 Å². The molecule has 21 heavy (non-hydrogen) atoms. The van der Waals surface area contributed by atoms with Crippen LogP contribution in [0.5, 0.6) is 0 Å². The number of rotatable bonds is 4. The molecule has 0 fully saturated rings. The molecule has 2 N–H and O–H groups in total. The van der Waals surface area contributed by atoms with E-state index in [-0.39, 0.29) is 18.0 Å². The van der Waals surface area contributed by atoms with Crippen molar-refractivity contribution in [3.8, 4) is 5.69 Å². The summed E-state index contributed by atoms with van der Waals surface area (Å²) < 4.78 is 28.2. The molecule has 5 nitrogen and oxygen atoms in total. The minimum Gasteiger partial charge on any atom is -0.394 e. The average Bonchev–Trinajstić information content (AvgIpc) is 2.87. The van der Waals surface area contributed by atoms with E-state index in [9.17, 15) is 13.6 Å². The molecule has 1 aromatic carbocycles. The fourth-order valence-electron chi connectivity index (χ4n) is 1.69. The number of aliphatic hydroxyl groups excluding tert-OH is 1. The molecule has 0 radical (unpaired) electrons. The third-order valence-electron chi connectivity index (χ3n) is 2.84. The predicted molar refractivity (Wildman–Crippen MR) is 72.1 cm³/mol. The molecule has 7 heteroatoms. The molecular formula is C14H15F2N3O2. The molecule has 0 spiro atoms. The largest absolute Gasteiger partial charge is 0.394 e. The van der Waals surface area contributed by atoms with Gasteiger partial charge in [0, 0.05) is 6.20 Å². The van der Waals surface area contributed by atoms with Gasteiger partial charge in [0.15, 0.2) is 17.3 Å². The number of halogens is 2. The second-order valence-electron chi connectivity index (χ2n) is 5.21. The SMILES string of the molecule is CC(C)(CO)NC(=O)c1ccn(-c2c(F)cccc2F)n1. The number of para-hydroxylation sites is 1. The molecule has 0 saturated carbocycles. The first-order valence-electron chi connectivity index (χ1n) is 6.27. The summed E-state index contributed by atoms with van der Waals surface area (Å²) in [6, 6.07) is 4.80. The number of benzene rings is 1. The van der Waals surface area contributed by atoms with Crippen molar-refractivity contribution >= 4 is 5.91 Å². The van der Waals surface area contributed by atoms with E-state index in [0.29, 0.717) is 0 Å². The number of carbonyl (C=O) groups excluding carboxylic acids is 1. The lowest BCUT2D eigenvalue weighted by Gasteiger charge is -2.22. The molecule has 1 heterocycles. The third kappa shape index (κ3) is 3.25. The summed E-state index contributed by atoms with van der Waals surface area (Å²) >= 11 is 0. The first kappa shape index (κ1) is 15.1. The van der Waals surface area contributed by atoms with Crippen molar-refractivity contribution in [3.63, 3.8) is 0 Å². The number of aromatic nitrogens is 2. The zero-order chi connectivity index (χ0) is 15.6. The molecule has 0 bridgehead atoms. The van der Waals surface area contributed by atoms with Gasteiger partial charge in [-0.05, 0) is 32.0 Å². The highest BCUT2D eigenvalue weighted by Crippen LogP contribution is 2.17. The summed E-state index contributed by atoms with van der Waals surface area (Å²) in [4.78, 5) is 11.9. The van der Waals surface area contributed by atoms with Crippen LogP contribution in [0.1, 0.15) is 24.3 Å². The van der Waals surface area contributed by atoms with Crippen molar-refractivity contribution in [1.29, 1.82) is 0 Å². The standard InChI is InChI=1S/C14H15F2N3O2/c1-14(2,8-20)17-13(21)11-6-7-19(18-11)12-9(15)4-3-5-10(12)16/h3-7,20H,8H2,1-2H3,(H,17,21). The van der Waals surface area contributed by atoms with E-state index in [4.69, 9.17) is 5.11 Å². The Balaban J connectivity index is 2.28. The van der Waals surface area contributed by atoms with Crippen LogP contribution in [0.3, 0.4) is 0 Å². The quantitative estimate of drug-likeness (QED) is 0.901. The second-order valence-corrected chi connectivity index (χ2v) is 5.21. The van der Waals surface area contributed by atoms with Gasteiger partial charge in [0.2, 0.25) is 0 Å². The zero-order valence-electron chi connectivity index (χ0n) is 11.6. The molecule has 1 aromatic heterocycles. The normalized spacial score (nSPS) is 11.5. The highest BCUT2D eigenvalue weighted by molar-refractivity contribution is 5.92.